The molecule has 0 unspecified atom stereocenters. The molecule has 1 spiro atoms. The van der Waals surface area contributed by atoms with Crippen molar-refractivity contribution in [2.24, 2.45) is 17.8 Å². The van der Waals surface area contributed by atoms with Gasteiger partial charge in [-0.1, -0.05) is 36.7 Å². The van der Waals surface area contributed by atoms with E-state index in [1.54, 1.807) is 20.1 Å². The summed E-state index contributed by atoms with van der Waals surface area (Å²) in [4.78, 5) is 32.6. The predicted octanol–water partition coefficient (Wildman–Crippen LogP) is 5.41. The Balaban J connectivity index is 1.19. The molecular weight excluding hydrogens is 716 g/mol. The van der Waals surface area contributed by atoms with Crippen LogP contribution in [0, 0.1) is 17.8 Å². The predicted molar refractivity (Wildman–Crippen MR) is 203 cm³/mol. The third kappa shape index (κ3) is 6.72. The zero-order valence-corrected chi connectivity index (χ0v) is 32.5. The Hall–Kier alpha value is -3.32. The molecule has 0 aromatic heterocycles. The minimum absolute atomic E-state index is 0.0195. The minimum Gasteiger partial charge on any atom is -0.490 e. The number of fused-ring (bicyclic) bond motifs is 5. The second-order valence-electron chi connectivity index (χ2n) is 16.3. The van der Waals surface area contributed by atoms with Crippen molar-refractivity contribution in [3.8, 4) is 5.75 Å². The van der Waals surface area contributed by atoms with Gasteiger partial charge in [0, 0.05) is 62.4 Å². The number of piperazine rings is 1. The van der Waals surface area contributed by atoms with Crippen LogP contribution in [0.3, 0.4) is 0 Å². The molecule has 2 aromatic rings. The van der Waals surface area contributed by atoms with Gasteiger partial charge in [-0.15, -0.1) is 0 Å². The zero-order chi connectivity index (χ0) is 37.1. The Bertz CT molecular complexity index is 1910. The largest absolute Gasteiger partial charge is 0.490 e. The second kappa shape index (κ2) is 14.1. The summed E-state index contributed by atoms with van der Waals surface area (Å²) in [5.41, 5.74) is 2.65. The van der Waals surface area contributed by atoms with E-state index >= 15 is 0 Å². The zero-order valence-electron chi connectivity index (χ0n) is 30.9. The van der Waals surface area contributed by atoms with Crippen LogP contribution in [0.15, 0.2) is 48.6 Å². The van der Waals surface area contributed by atoms with Crippen LogP contribution in [-0.4, -0.2) is 107 Å². The monoisotopic (exact) mass is 766 g/mol. The van der Waals surface area contributed by atoms with E-state index in [0.29, 0.717) is 51.6 Å². The van der Waals surface area contributed by atoms with Crippen LogP contribution >= 0.6 is 11.6 Å². The lowest BCUT2D eigenvalue weighted by Gasteiger charge is -2.52. The topological polar surface area (TPSA) is 118 Å². The van der Waals surface area contributed by atoms with Gasteiger partial charge in [-0.05, 0) is 105 Å². The van der Waals surface area contributed by atoms with Gasteiger partial charge in [-0.2, -0.15) is 0 Å². The number of allylic oxidation sites excluding steroid dienone is 1. The Morgan fingerprint density at radius 2 is 1.91 bits per heavy atom. The third-order valence-electron chi connectivity index (χ3n) is 13.3. The SMILES string of the molecule is CO[C@@]1(CN2CCN3C(=O)OC[C@@H]3C2)/C=C/C[C@H](C)[C@@H](C)S(=O)(=O)NC(=O)c2ccc3c(c2)N(C[C@@H]2CC[C@H]21)C[C@@]1(CCCc2cc(Cl)ccc21)CO3. The van der Waals surface area contributed by atoms with Crippen molar-refractivity contribution >= 4 is 39.3 Å². The number of sulfonamides is 1. The number of hydrogen-bond acceptors (Lipinski definition) is 9. The molecule has 0 radical (unpaired) electrons. The fraction of sp³-hybridized carbons (Fsp3) is 0.600. The number of anilines is 1. The molecule has 4 aliphatic heterocycles. The number of halogens is 1. The minimum atomic E-state index is -3.99. The van der Waals surface area contributed by atoms with Crippen molar-refractivity contribution in [1.29, 1.82) is 0 Å². The first kappa shape index (κ1) is 36.6. The summed E-state index contributed by atoms with van der Waals surface area (Å²) in [5, 5.41) is -0.0847. The van der Waals surface area contributed by atoms with E-state index in [9.17, 15) is 18.0 Å². The molecule has 6 aliphatic rings. The van der Waals surface area contributed by atoms with E-state index < -0.39 is 26.8 Å². The van der Waals surface area contributed by atoms with Crippen molar-refractivity contribution in [3.63, 3.8) is 0 Å². The number of amides is 2. The maximum Gasteiger partial charge on any atom is 0.410 e. The van der Waals surface area contributed by atoms with E-state index in [4.69, 9.17) is 25.8 Å². The average Bonchev–Trinajstić information content (AvgIpc) is 3.42. The molecule has 53 heavy (non-hydrogen) atoms. The molecule has 7 atom stereocenters. The molecule has 2 saturated heterocycles. The Morgan fingerprint density at radius 1 is 1.06 bits per heavy atom. The summed E-state index contributed by atoms with van der Waals surface area (Å²) in [6.45, 7) is 8.55. The summed E-state index contributed by atoms with van der Waals surface area (Å²) in [6.07, 6.45) is 9.48. The summed E-state index contributed by atoms with van der Waals surface area (Å²) in [5.74, 6) is 0.239. The van der Waals surface area contributed by atoms with E-state index in [0.717, 1.165) is 55.9 Å². The van der Waals surface area contributed by atoms with E-state index in [1.165, 1.54) is 11.1 Å². The number of aryl methyl sites for hydroxylation is 1. The van der Waals surface area contributed by atoms with Crippen LogP contribution in [0.4, 0.5) is 10.5 Å². The summed E-state index contributed by atoms with van der Waals surface area (Å²) in [7, 11) is -2.19. The lowest BCUT2D eigenvalue weighted by Crippen LogP contribution is -2.60. The first-order chi connectivity index (χ1) is 25.4. The lowest BCUT2D eigenvalue weighted by atomic mass is 9.63. The standard InChI is InChI=1S/C40H51ClN4O7S/c1-26-6-4-15-40(50-3,24-43-16-17-45-32(21-43)22-51-38(45)47)34-11-8-30(34)20-44-23-39(14-5-7-28-18-31(41)10-12-33(28)39)25-52-36-13-9-29(19-35(36)44)37(46)42-53(48,49)27(26)2/h4,9-10,12-13,15,18-19,26-27,30,32,34H,5-8,11,14,16-17,20-25H2,1-3H3,(H,42,46)/b15-4+/t26-,27+,30-,32-,34+,39-,40+/m0/s1. The number of carbonyl (C=O) groups is 2. The van der Waals surface area contributed by atoms with Crippen molar-refractivity contribution in [2.45, 2.75) is 74.7 Å². The van der Waals surface area contributed by atoms with Gasteiger partial charge in [0.15, 0.2) is 0 Å². The van der Waals surface area contributed by atoms with Crippen LogP contribution in [0.2, 0.25) is 5.02 Å². The van der Waals surface area contributed by atoms with Gasteiger partial charge in [-0.25, -0.2) is 17.9 Å². The molecule has 1 N–H and O–H groups in total. The van der Waals surface area contributed by atoms with Gasteiger partial charge in [0.05, 0.1) is 23.6 Å². The Kier molecular flexibility index (Phi) is 9.73. The quantitative estimate of drug-likeness (QED) is 0.410. The fourth-order valence-electron chi connectivity index (χ4n) is 9.85. The molecule has 286 valence electrons. The maximum absolute atomic E-state index is 13.6. The van der Waals surface area contributed by atoms with Crippen LogP contribution in [0.5, 0.6) is 5.75 Å². The normalized spacial score (nSPS) is 34.8. The number of methoxy groups -OCH3 is 1. The number of hydrogen-bond donors (Lipinski definition) is 1. The molecule has 2 aliphatic carbocycles. The number of carbonyl (C=O) groups excluding carboxylic acids is 2. The van der Waals surface area contributed by atoms with Crippen molar-refractivity contribution < 1.29 is 32.2 Å². The number of ether oxygens (including phenoxy) is 3. The third-order valence-corrected chi connectivity index (χ3v) is 15.4. The molecule has 2 aromatic carbocycles. The fourth-order valence-corrected chi connectivity index (χ4v) is 11.3. The number of nitrogens with one attached hydrogen (secondary N) is 1. The molecule has 1 saturated carbocycles. The Morgan fingerprint density at radius 3 is 2.70 bits per heavy atom. The first-order valence-electron chi connectivity index (χ1n) is 19.2. The highest BCUT2D eigenvalue weighted by molar-refractivity contribution is 7.90. The van der Waals surface area contributed by atoms with E-state index in [2.05, 4.69) is 38.8 Å². The first-order valence-corrected chi connectivity index (χ1v) is 21.1. The van der Waals surface area contributed by atoms with Crippen LogP contribution in [0.25, 0.3) is 0 Å². The smallest absolute Gasteiger partial charge is 0.410 e. The molecule has 11 nitrogen and oxygen atoms in total. The van der Waals surface area contributed by atoms with Crippen molar-refractivity contribution in [2.75, 3.05) is 64.5 Å². The summed E-state index contributed by atoms with van der Waals surface area (Å²) < 4.78 is 48.3. The number of benzene rings is 2. The van der Waals surface area contributed by atoms with Crippen molar-refractivity contribution in [3.05, 3.63) is 70.3 Å². The van der Waals surface area contributed by atoms with Gasteiger partial charge in [0.1, 0.15) is 18.0 Å². The number of rotatable bonds is 3. The number of nitrogens with zero attached hydrogens (tertiary/aromatic N) is 3. The lowest BCUT2D eigenvalue weighted by molar-refractivity contribution is -0.0962. The highest BCUT2D eigenvalue weighted by Gasteiger charge is 2.51. The molecular formula is C40H51ClN4O7S. The highest BCUT2D eigenvalue weighted by Crippen LogP contribution is 2.49. The van der Waals surface area contributed by atoms with Crippen molar-refractivity contribution in [1.82, 2.24) is 14.5 Å². The number of cyclic esters (lactones) is 1. The summed E-state index contributed by atoms with van der Waals surface area (Å²) in [6, 6.07) is 11.5. The van der Waals surface area contributed by atoms with Crippen LogP contribution < -0.4 is 14.4 Å². The van der Waals surface area contributed by atoms with E-state index in [-0.39, 0.29) is 40.9 Å². The highest BCUT2D eigenvalue weighted by atomic mass is 35.5. The van der Waals surface area contributed by atoms with Gasteiger partial charge < -0.3 is 19.1 Å². The molecule has 2 bridgehead atoms. The van der Waals surface area contributed by atoms with E-state index in [1.807, 2.05) is 30.0 Å². The maximum atomic E-state index is 13.6. The molecule has 3 fully saturated rings. The molecule has 8 rings (SSSR count). The van der Waals surface area contributed by atoms with Gasteiger partial charge in [0.25, 0.3) is 5.91 Å². The summed E-state index contributed by atoms with van der Waals surface area (Å²) >= 11 is 6.49. The van der Waals surface area contributed by atoms with Crippen LogP contribution in [-0.2, 0) is 31.3 Å². The van der Waals surface area contributed by atoms with Gasteiger partial charge in [-0.3, -0.25) is 14.6 Å². The van der Waals surface area contributed by atoms with Gasteiger partial charge in [0.2, 0.25) is 10.0 Å². The second-order valence-corrected chi connectivity index (χ2v) is 18.8. The average molecular weight is 767 g/mol. The molecule has 13 heteroatoms. The molecule has 4 heterocycles. The Labute approximate surface area is 318 Å². The van der Waals surface area contributed by atoms with Crippen LogP contribution in [0.1, 0.15) is 67.4 Å². The van der Waals surface area contributed by atoms with Gasteiger partial charge >= 0.3 is 6.09 Å². The molecule has 2 amide bonds.